The average molecular weight is 267 g/mol. The zero-order chi connectivity index (χ0) is 12.8. The van der Waals surface area contributed by atoms with E-state index >= 15 is 0 Å². The van der Waals surface area contributed by atoms with Crippen LogP contribution in [0.2, 0.25) is 5.02 Å². The van der Waals surface area contributed by atoms with Crippen molar-refractivity contribution in [2.45, 2.75) is 51.5 Å². The molecule has 0 amide bonds. The lowest BCUT2D eigenvalue weighted by atomic mass is 9.84. The lowest BCUT2D eigenvalue weighted by Crippen LogP contribution is -2.25. The Morgan fingerprint density at radius 3 is 2.72 bits per heavy atom. The van der Waals surface area contributed by atoms with Gasteiger partial charge in [0.05, 0.1) is 10.7 Å². The third kappa shape index (κ3) is 3.96. The Balaban J connectivity index is 2.00. The van der Waals surface area contributed by atoms with Crippen LogP contribution in [0.5, 0.6) is 0 Å². The number of hydrogen-bond donors (Lipinski definition) is 1. The van der Waals surface area contributed by atoms with E-state index in [1.807, 2.05) is 6.07 Å². The van der Waals surface area contributed by atoms with Gasteiger partial charge >= 0.3 is 0 Å². The molecule has 0 saturated heterocycles. The Morgan fingerprint density at radius 1 is 1.33 bits per heavy atom. The molecule has 1 heterocycles. The molecule has 1 aromatic rings. The number of nitrogens with one attached hydrogen (secondary N) is 1. The quantitative estimate of drug-likeness (QED) is 0.857. The first-order valence-corrected chi connectivity index (χ1v) is 7.52. The molecule has 0 spiro atoms. The van der Waals surface area contributed by atoms with Crippen molar-refractivity contribution in [1.29, 1.82) is 0 Å². The van der Waals surface area contributed by atoms with Gasteiger partial charge in [0, 0.05) is 12.2 Å². The fraction of sp³-hybridized carbons (Fsp3) is 0.667. The van der Waals surface area contributed by atoms with Crippen molar-refractivity contribution in [1.82, 2.24) is 10.3 Å². The lowest BCUT2D eigenvalue weighted by Gasteiger charge is -2.26. The van der Waals surface area contributed by atoms with E-state index in [1.54, 1.807) is 6.20 Å². The van der Waals surface area contributed by atoms with E-state index in [9.17, 15) is 0 Å². The second kappa shape index (κ2) is 7.10. The summed E-state index contributed by atoms with van der Waals surface area (Å²) in [5.41, 5.74) is 1.13. The summed E-state index contributed by atoms with van der Waals surface area (Å²) in [6.07, 6.45) is 9.95. The van der Waals surface area contributed by atoms with Crippen LogP contribution in [0.3, 0.4) is 0 Å². The molecular weight excluding hydrogens is 244 g/mol. The van der Waals surface area contributed by atoms with Crippen molar-refractivity contribution in [2.75, 3.05) is 6.54 Å². The minimum absolute atomic E-state index is 0.385. The molecule has 1 fully saturated rings. The molecule has 0 bridgehead atoms. The normalized spacial score (nSPS) is 18.8. The molecule has 1 aliphatic rings. The van der Waals surface area contributed by atoms with Crippen molar-refractivity contribution in [3.05, 3.63) is 29.0 Å². The Morgan fingerprint density at radius 2 is 2.11 bits per heavy atom. The monoisotopic (exact) mass is 266 g/mol. The molecule has 18 heavy (non-hydrogen) atoms. The second-order valence-electron chi connectivity index (χ2n) is 5.25. The molecule has 1 aromatic heterocycles. The minimum Gasteiger partial charge on any atom is -0.309 e. The standard InChI is InChI=1S/C15H23ClN2/c1-2-17-15(10-12-6-4-3-5-7-12)14-9-8-13(16)11-18-14/h8-9,11-12,15,17H,2-7,10H2,1H3. The molecule has 1 aliphatic carbocycles. The van der Waals surface area contributed by atoms with Crippen LogP contribution >= 0.6 is 11.6 Å². The predicted octanol–water partition coefficient (Wildman–Crippen LogP) is 4.36. The first-order valence-electron chi connectivity index (χ1n) is 7.14. The Labute approximate surface area is 115 Å². The van der Waals surface area contributed by atoms with Crippen molar-refractivity contribution in [3.63, 3.8) is 0 Å². The third-order valence-corrected chi connectivity index (χ3v) is 4.08. The van der Waals surface area contributed by atoms with Gasteiger partial charge in [-0.25, -0.2) is 0 Å². The molecule has 1 N–H and O–H groups in total. The van der Waals surface area contributed by atoms with Crippen LogP contribution in [0.25, 0.3) is 0 Å². The lowest BCUT2D eigenvalue weighted by molar-refractivity contribution is 0.299. The van der Waals surface area contributed by atoms with Gasteiger partial charge < -0.3 is 5.32 Å². The van der Waals surface area contributed by atoms with E-state index in [0.717, 1.165) is 18.2 Å². The summed E-state index contributed by atoms with van der Waals surface area (Å²) < 4.78 is 0. The molecule has 1 unspecified atom stereocenters. The molecule has 0 aliphatic heterocycles. The van der Waals surface area contributed by atoms with Gasteiger partial charge in [-0.05, 0) is 31.0 Å². The van der Waals surface area contributed by atoms with E-state index in [-0.39, 0.29) is 0 Å². The largest absolute Gasteiger partial charge is 0.309 e. The molecule has 1 atom stereocenters. The predicted molar refractivity (Wildman–Crippen MR) is 76.9 cm³/mol. The SMILES string of the molecule is CCNC(CC1CCCCC1)c1ccc(Cl)cn1. The Hall–Kier alpha value is -0.600. The van der Waals surface area contributed by atoms with E-state index < -0.39 is 0 Å². The summed E-state index contributed by atoms with van der Waals surface area (Å²) in [7, 11) is 0. The van der Waals surface area contributed by atoms with Gasteiger partial charge in [0.1, 0.15) is 0 Å². The summed E-state index contributed by atoms with van der Waals surface area (Å²) >= 11 is 5.90. The molecule has 0 radical (unpaired) electrons. The number of halogens is 1. The summed E-state index contributed by atoms with van der Waals surface area (Å²) in [6.45, 7) is 3.14. The number of rotatable bonds is 5. The fourth-order valence-electron chi connectivity index (χ4n) is 2.90. The fourth-order valence-corrected chi connectivity index (χ4v) is 3.02. The number of pyridine rings is 1. The van der Waals surface area contributed by atoms with Crippen LogP contribution in [0.15, 0.2) is 18.3 Å². The number of nitrogens with zero attached hydrogens (tertiary/aromatic N) is 1. The highest BCUT2D eigenvalue weighted by atomic mass is 35.5. The maximum absolute atomic E-state index is 5.90. The summed E-state index contributed by atoms with van der Waals surface area (Å²) in [5, 5.41) is 4.27. The summed E-state index contributed by atoms with van der Waals surface area (Å²) in [4.78, 5) is 4.47. The molecule has 2 nitrogen and oxygen atoms in total. The van der Waals surface area contributed by atoms with Crippen molar-refractivity contribution >= 4 is 11.6 Å². The second-order valence-corrected chi connectivity index (χ2v) is 5.69. The highest BCUT2D eigenvalue weighted by Crippen LogP contribution is 2.31. The van der Waals surface area contributed by atoms with Gasteiger partial charge in [-0.15, -0.1) is 0 Å². The van der Waals surface area contributed by atoms with Crippen LogP contribution in [0, 0.1) is 5.92 Å². The van der Waals surface area contributed by atoms with E-state index in [0.29, 0.717) is 11.1 Å². The van der Waals surface area contributed by atoms with Crippen LogP contribution in [0.4, 0.5) is 0 Å². The van der Waals surface area contributed by atoms with E-state index in [1.165, 1.54) is 38.5 Å². The van der Waals surface area contributed by atoms with Crippen molar-refractivity contribution in [2.24, 2.45) is 5.92 Å². The van der Waals surface area contributed by atoms with Gasteiger partial charge in [0.2, 0.25) is 0 Å². The smallest absolute Gasteiger partial charge is 0.0589 e. The van der Waals surface area contributed by atoms with Gasteiger partial charge in [0.15, 0.2) is 0 Å². The zero-order valence-electron chi connectivity index (χ0n) is 11.2. The molecular formula is C15H23ClN2. The van der Waals surface area contributed by atoms with Crippen LogP contribution in [-0.2, 0) is 0 Å². The molecule has 0 aromatic carbocycles. The van der Waals surface area contributed by atoms with Crippen LogP contribution in [0.1, 0.15) is 57.2 Å². The van der Waals surface area contributed by atoms with Gasteiger partial charge in [-0.3, -0.25) is 4.98 Å². The zero-order valence-corrected chi connectivity index (χ0v) is 11.9. The van der Waals surface area contributed by atoms with Gasteiger partial charge in [0.25, 0.3) is 0 Å². The summed E-state index contributed by atoms with van der Waals surface area (Å²) in [5.74, 6) is 0.861. The van der Waals surface area contributed by atoms with Gasteiger partial charge in [-0.2, -0.15) is 0 Å². The van der Waals surface area contributed by atoms with E-state index in [2.05, 4.69) is 23.3 Å². The minimum atomic E-state index is 0.385. The van der Waals surface area contributed by atoms with Crippen molar-refractivity contribution in [3.8, 4) is 0 Å². The highest BCUT2D eigenvalue weighted by Gasteiger charge is 2.20. The first-order chi connectivity index (χ1) is 8.79. The highest BCUT2D eigenvalue weighted by molar-refractivity contribution is 6.30. The van der Waals surface area contributed by atoms with Gasteiger partial charge in [-0.1, -0.05) is 50.6 Å². The molecule has 1 saturated carbocycles. The maximum atomic E-state index is 5.90. The van der Waals surface area contributed by atoms with Crippen LogP contribution in [-0.4, -0.2) is 11.5 Å². The number of aromatic nitrogens is 1. The third-order valence-electron chi connectivity index (χ3n) is 3.85. The summed E-state index contributed by atoms with van der Waals surface area (Å²) in [6, 6.07) is 4.38. The number of hydrogen-bond acceptors (Lipinski definition) is 2. The Bertz CT molecular complexity index is 344. The molecule has 3 heteroatoms. The molecule has 2 rings (SSSR count). The van der Waals surface area contributed by atoms with Crippen LogP contribution < -0.4 is 5.32 Å². The first kappa shape index (κ1) is 13.8. The maximum Gasteiger partial charge on any atom is 0.0589 e. The molecule has 100 valence electrons. The van der Waals surface area contributed by atoms with E-state index in [4.69, 9.17) is 11.6 Å². The average Bonchev–Trinajstić information content (AvgIpc) is 2.40. The van der Waals surface area contributed by atoms with Crippen molar-refractivity contribution < 1.29 is 0 Å². The Kier molecular flexibility index (Phi) is 5.45. The topological polar surface area (TPSA) is 24.9 Å².